The zero-order valence-electron chi connectivity index (χ0n) is 31.4. The molecule has 1 nitrogen and oxygen atoms in total. The van der Waals surface area contributed by atoms with Crippen LogP contribution < -0.4 is 25.6 Å². The Kier molecular flexibility index (Phi) is 9.23. The Bertz CT molecular complexity index is 2650. The average molecular weight is 762 g/mol. The summed E-state index contributed by atoms with van der Waals surface area (Å²) in [6, 6.07) is 86.9. The van der Waals surface area contributed by atoms with Gasteiger partial charge in [-0.3, -0.25) is 0 Å². The third kappa shape index (κ3) is 6.41. The van der Waals surface area contributed by atoms with Gasteiger partial charge in [0, 0.05) is 26.9 Å². The second kappa shape index (κ2) is 15.1. The Hall–Kier alpha value is -6.65. The maximum Gasteiger partial charge on any atom is 0.181 e. The molecule has 0 aromatic heterocycles. The Morgan fingerprint density at radius 1 is 0.281 bits per heavy atom. The van der Waals surface area contributed by atoms with Gasteiger partial charge in [-0.1, -0.05) is 200 Å². The topological polar surface area (TPSA) is 3.24 Å². The van der Waals surface area contributed by atoms with Gasteiger partial charge in [0.2, 0.25) is 0 Å². The van der Waals surface area contributed by atoms with E-state index in [1.807, 2.05) is 11.8 Å². The zero-order chi connectivity index (χ0) is 38.0. The summed E-state index contributed by atoms with van der Waals surface area (Å²) < 4.78 is 0. The number of hydrogen-bond acceptors (Lipinski definition) is 2. The van der Waals surface area contributed by atoms with Gasteiger partial charge in [-0.15, -0.1) is 0 Å². The number of benzene rings is 9. The highest BCUT2D eigenvalue weighted by atomic mass is 32.2. The molecular weight excluding hydrogens is 723 g/mol. The fraction of sp³-hybridized carbons (Fsp3) is 0. The molecule has 3 heteroatoms. The molecule has 9 aromatic rings. The van der Waals surface area contributed by atoms with Crippen LogP contribution in [0.5, 0.6) is 0 Å². The molecule has 57 heavy (non-hydrogen) atoms. The summed E-state index contributed by atoms with van der Waals surface area (Å²) in [5.41, 5.74) is 10.6. The summed E-state index contributed by atoms with van der Waals surface area (Å²) in [6.07, 6.45) is 0. The van der Waals surface area contributed by atoms with E-state index in [0.717, 1.165) is 17.1 Å². The fourth-order valence-corrected chi connectivity index (χ4v) is 15.5. The van der Waals surface area contributed by atoms with Gasteiger partial charge in [-0.2, -0.15) is 0 Å². The maximum atomic E-state index is 2.50. The molecule has 0 spiro atoms. The van der Waals surface area contributed by atoms with E-state index in [-0.39, 0.29) is 0 Å². The third-order valence-corrected chi connectivity index (χ3v) is 17.6. The van der Waals surface area contributed by atoms with Crippen molar-refractivity contribution in [1.82, 2.24) is 0 Å². The summed E-state index contributed by atoms with van der Waals surface area (Å²) in [5.74, 6) is 0. The van der Waals surface area contributed by atoms with Gasteiger partial charge in [-0.05, 0) is 103 Å². The lowest BCUT2D eigenvalue weighted by molar-refractivity contribution is 1.28. The standard InChI is InChI=1S/C54H39NSSi/c1-5-15-40(16-6-1)42-25-32-46(33-26-42)55(47-34-27-43(28-35-47)41-17-7-2-8-18-41)48-36-29-44(30-37-48)45-31-38-52-54(39-45)57(49-19-9-3-10-20-49,50-21-11-4-12-22-50)53-24-14-13-23-51(53)56-52/h1-39H. The Morgan fingerprint density at radius 3 is 1.11 bits per heavy atom. The van der Waals surface area contributed by atoms with Crippen molar-refractivity contribution in [3.05, 3.63) is 237 Å². The highest BCUT2D eigenvalue weighted by Crippen LogP contribution is 2.39. The van der Waals surface area contributed by atoms with Crippen LogP contribution in [0.3, 0.4) is 0 Å². The van der Waals surface area contributed by atoms with Crippen molar-refractivity contribution in [2.45, 2.75) is 9.79 Å². The minimum atomic E-state index is -2.65. The maximum absolute atomic E-state index is 2.65. The third-order valence-electron chi connectivity index (χ3n) is 11.2. The Labute approximate surface area is 340 Å². The van der Waals surface area contributed by atoms with Crippen molar-refractivity contribution >= 4 is 57.6 Å². The first kappa shape index (κ1) is 34.8. The molecule has 0 aliphatic carbocycles. The van der Waals surface area contributed by atoms with Gasteiger partial charge in [-0.25, -0.2) is 0 Å². The van der Waals surface area contributed by atoms with Gasteiger partial charge in [0.25, 0.3) is 0 Å². The predicted octanol–water partition coefficient (Wildman–Crippen LogP) is 12.0. The van der Waals surface area contributed by atoms with Crippen molar-refractivity contribution in [2.24, 2.45) is 0 Å². The van der Waals surface area contributed by atoms with Gasteiger partial charge >= 0.3 is 0 Å². The molecule has 0 saturated heterocycles. The van der Waals surface area contributed by atoms with Gasteiger partial charge < -0.3 is 4.90 Å². The summed E-state index contributed by atoms with van der Waals surface area (Å²) >= 11 is 1.91. The van der Waals surface area contributed by atoms with E-state index in [0.29, 0.717) is 0 Å². The molecule has 10 rings (SSSR count). The zero-order valence-corrected chi connectivity index (χ0v) is 33.2. The van der Waals surface area contributed by atoms with E-state index >= 15 is 0 Å². The molecule has 0 saturated carbocycles. The van der Waals surface area contributed by atoms with Crippen molar-refractivity contribution in [2.75, 3.05) is 4.90 Å². The summed E-state index contributed by atoms with van der Waals surface area (Å²) in [4.78, 5) is 5.06. The lowest BCUT2D eigenvalue weighted by atomic mass is 10.0. The van der Waals surface area contributed by atoms with Crippen LogP contribution in [0.2, 0.25) is 0 Å². The minimum absolute atomic E-state index is 1.11. The summed E-state index contributed by atoms with van der Waals surface area (Å²) in [7, 11) is -2.65. The highest BCUT2D eigenvalue weighted by Gasteiger charge is 2.46. The van der Waals surface area contributed by atoms with Crippen molar-refractivity contribution in [3.63, 3.8) is 0 Å². The molecular formula is C54H39NSSi. The van der Waals surface area contributed by atoms with Crippen LogP contribution in [0, 0.1) is 0 Å². The lowest BCUT2D eigenvalue weighted by Crippen LogP contribution is -2.76. The lowest BCUT2D eigenvalue weighted by Gasteiger charge is -2.40. The number of anilines is 3. The molecule has 0 bridgehead atoms. The molecule has 9 aromatic carbocycles. The molecule has 0 N–H and O–H groups in total. The molecule has 1 heterocycles. The summed E-state index contributed by atoms with van der Waals surface area (Å²) in [5, 5.41) is 5.72. The van der Waals surface area contributed by atoms with Crippen LogP contribution in [0.25, 0.3) is 33.4 Å². The quantitative estimate of drug-likeness (QED) is 0.142. The SMILES string of the molecule is c1ccc(-c2ccc(N(c3ccc(-c4ccccc4)cc3)c3ccc(-c4ccc5c(c4)[Si](c4ccccc4)(c4ccccc4)c4ccccc4S5)cc3)cc2)cc1. The highest BCUT2D eigenvalue weighted by molar-refractivity contribution is 8.00. The minimum Gasteiger partial charge on any atom is -0.311 e. The monoisotopic (exact) mass is 761 g/mol. The average Bonchev–Trinajstić information content (AvgIpc) is 3.30. The van der Waals surface area contributed by atoms with E-state index in [9.17, 15) is 0 Å². The molecule has 0 radical (unpaired) electrons. The van der Waals surface area contributed by atoms with Gasteiger partial charge in [0.05, 0.1) is 0 Å². The Balaban J connectivity index is 1.07. The van der Waals surface area contributed by atoms with Crippen LogP contribution in [0.4, 0.5) is 17.1 Å². The van der Waals surface area contributed by atoms with E-state index in [1.165, 1.54) is 63.9 Å². The molecule has 0 fully saturated rings. The summed E-state index contributed by atoms with van der Waals surface area (Å²) in [6.45, 7) is 0. The molecule has 0 amide bonds. The van der Waals surface area contributed by atoms with Crippen LogP contribution in [0.15, 0.2) is 246 Å². The normalized spacial score (nSPS) is 12.6. The van der Waals surface area contributed by atoms with E-state index < -0.39 is 8.07 Å². The molecule has 270 valence electrons. The first-order valence-corrected chi connectivity index (χ1v) is 22.3. The van der Waals surface area contributed by atoms with Crippen molar-refractivity contribution in [1.29, 1.82) is 0 Å². The van der Waals surface area contributed by atoms with E-state index in [4.69, 9.17) is 0 Å². The smallest absolute Gasteiger partial charge is 0.181 e. The molecule has 0 unspecified atom stereocenters. The first-order valence-electron chi connectivity index (χ1n) is 19.5. The Morgan fingerprint density at radius 2 is 0.632 bits per heavy atom. The van der Waals surface area contributed by atoms with Crippen LogP contribution in [-0.2, 0) is 0 Å². The fourth-order valence-electron chi connectivity index (χ4n) is 8.50. The van der Waals surface area contributed by atoms with Crippen LogP contribution in [-0.4, -0.2) is 8.07 Å². The molecule has 1 aliphatic rings. The van der Waals surface area contributed by atoms with Gasteiger partial charge in [0.1, 0.15) is 0 Å². The second-order valence-electron chi connectivity index (χ2n) is 14.5. The van der Waals surface area contributed by atoms with Gasteiger partial charge in [0.15, 0.2) is 8.07 Å². The van der Waals surface area contributed by atoms with Crippen LogP contribution in [0.1, 0.15) is 0 Å². The largest absolute Gasteiger partial charge is 0.311 e. The van der Waals surface area contributed by atoms with Crippen LogP contribution >= 0.6 is 11.8 Å². The number of hydrogen-bond donors (Lipinski definition) is 0. The van der Waals surface area contributed by atoms with Crippen molar-refractivity contribution in [3.8, 4) is 33.4 Å². The molecule has 0 atom stereocenters. The number of nitrogens with zero attached hydrogens (tertiary/aromatic N) is 1. The van der Waals surface area contributed by atoms with E-state index in [2.05, 4.69) is 241 Å². The first-order chi connectivity index (χ1) is 28.3. The predicted molar refractivity (Wildman–Crippen MR) is 245 cm³/mol. The van der Waals surface area contributed by atoms with E-state index in [1.54, 1.807) is 0 Å². The number of fused-ring (bicyclic) bond motifs is 2. The molecule has 1 aliphatic heterocycles. The van der Waals surface area contributed by atoms with Crippen molar-refractivity contribution < 1.29 is 0 Å². The number of rotatable bonds is 8. The second-order valence-corrected chi connectivity index (χ2v) is 19.3.